The Kier molecular flexibility index (Phi) is 6.52. The zero-order valence-corrected chi connectivity index (χ0v) is 33.9. The third kappa shape index (κ3) is 4.48. The third-order valence-corrected chi connectivity index (χ3v) is 15.6. The largest absolute Gasteiger partial charge is 0.455 e. The molecule has 55 heavy (non-hydrogen) atoms. The minimum absolute atomic E-state index is 0.0256. The molecule has 4 nitrogen and oxygen atoms in total. The molecule has 0 saturated heterocycles. The van der Waals surface area contributed by atoms with Gasteiger partial charge in [0.2, 0.25) is 0 Å². The van der Waals surface area contributed by atoms with E-state index in [1.807, 2.05) is 0 Å². The van der Waals surface area contributed by atoms with Crippen LogP contribution in [-0.4, -0.2) is 0 Å². The van der Waals surface area contributed by atoms with E-state index in [2.05, 4.69) is 180 Å². The zero-order valence-electron chi connectivity index (χ0n) is 33.0. The average Bonchev–Trinajstić information content (AvgIpc) is 3.48. The second-order valence-corrected chi connectivity index (χ2v) is 21.0. The molecule has 0 atom stereocenters. The summed E-state index contributed by atoms with van der Waals surface area (Å²) in [5, 5.41) is 0. The topological polar surface area (TPSA) is 24.9 Å². The van der Waals surface area contributed by atoms with Crippen molar-refractivity contribution in [1.82, 2.24) is 0 Å². The molecule has 0 spiro atoms. The third-order valence-electron chi connectivity index (χ3n) is 13.0. The minimum atomic E-state index is -0.958. The van der Waals surface area contributed by atoms with Crippen molar-refractivity contribution in [3.8, 4) is 23.0 Å². The van der Waals surface area contributed by atoms with Gasteiger partial charge in [-0.05, 0) is 94.2 Å². The Morgan fingerprint density at radius 2 is 0.855 bits per heavy atom. The van der Waals surface area contributed by atoms with E-state index in [4.69, 9.17) is 9.47 Å². The number of rotatable bonds is 2. The molecule has 6 aromatic carbocycles. The fraction of sp³-hybridized carbons (Fsp3) is 0.280. The van der Waals surface area contributed by atoms with Crippen LogP contribution in [0.1, 0.15) is 90.5 Å². The van der Waals surface area contributed by atoms with Crippen LogP contribution in [0.15, 0.2) is 130 Å². The van der Waals surface area contributed by atoms with Crippen molar-refractivity contribution in [2.24, 2.45) is 0 Å². The van der Waals surface area contributed by atoms with Crippen LogP contribution in [0.2, 0.25) is 0 Å². The van der Waals surface area contributed by atoms with Crippen LogP contribution < -0.4 is 19.3 Å². The van der Waals surface area contributed by atoms with Crippen molar-refractivity contribution in [2.75, 3.05) is 9.80 Å². The smallest absolute Gasteiger partial charge is 0.145 e. The number of anilines is 6. The molecule has 6 aromatic rings. The molecule has 3 aliphatic heterocycles. The number of nitrogens with zero attached hydrogens (tertiary/aromatic N) is 2. The predicted molar refractivity (Wildman–Crippen MR) is 228 cm³/mol. The van der Waals surface area contributed by atoms with Gasteiger partial charge in [-0.2, -0.15) is 10.9 Å². The van der Waals surface area contributed by atoms with Crippen molar-refractivity contribution in [3.05, 3.63) is 138 Å². The van der Waals surface area contributed by atoms with Gasteiger partial charge in [0.25, 0.3) is 0 Å². The lowest BCUT2D eigenvalue weighted by Crippen LogP contribution is -2.24. The van der Waals surface area contributed by atoms with Crippen LogP contribution >= 0.6 is 10.9 Å². The fourth-order valence-electron chi connectivity index (χ4n) is 11.5. The molecule has 0 radical (unpaired) electrons. The summed E-state index contributed by atoms with van der Waals surface area (Å²) in [5.41, 5.74) is 12.3. The molecule has 11 rings (SSSR count). The van der Waals surface area contributed by atoms with E-state index >= 15 is 0 Å². The molecule has 0 N–H and O–H groups in total. The SMILES string of the molecule is CC1(C)CC(C)(C)c2c1ccc1c2Oc2cc(N3c4ccccc4N(c4ccccc4)c4ccccc43)cc3c2[SH]1c1ccc2c(c1O3)C(C)(C)CC2(C)C. The number of para-hydroxylation sites is 5. The maximum absolute atomic E-state index is 7.37. The first-order valence-electron chi connectivity index (χ1n) is 19.8. The van der Waals surface area contributed by atoms with Crippen LogP contribution in [-0.2, 0) is 21.7 Å². The highest BCUT2D eigenvalue weighted by Crippen LogP contribution is 2.73. The first kappa shape index (κ1) is 33.2. The highest BCUT2D eigenvalue weighted by molar-refractivity contribution is 8.17. The Bertz CT molecular complexity index is 2480. The van der Waals surface area contributed by atoms with Gasteiger partial charge in [0, 0.05) is 38.7 Å². The average molecular weight is 741 g/mol. The van der Waals surface area contributed by atoms with Crippen LogP contribution in [0.5, 0.6) is 23.0 Å². The lowest BCUT2D eigenvalue weighted by atomic mass is 9.82. The molecule has 5 aliphatic rings. The number of ether oxygens (including phenoxy) is 2. The van der Waals surface area contributed by atoms with Gasteiger partial charge in [-0.1, -0.05) is 110 Å². The molecule has 0 amide bonds. The lowest BCUT2D eigenvalue weighted by Gasteiger charge is -2.42. The van der Waals surface area contributed by atoms with Gasteiger partial charge in [0.15, 0.2) is 0 Å². The number of hydrogen-bond acceptors (Lipinski definition) is 4. The first-order valence-corrected chi connectivity index (χ1v) is 21.1. The normalized spacial score (nSPS) is 19.8. The summed E-state index contributed by atoms with van der Waals surface area (Å²) >= 11 is 0. The number of fused-ring (bicyclic) bond motifs is 10. The minimum Gasteiger partial charge on any atom is -0.455 e. The summed E-state index contributed by atoms with van der Waals surface area (Å²) in [6.45, 7) is 19.2. The summed E-state index contributed by atoms with van der Waals surface area (Å²) in [6.07, 6.45) is 2.17. The predicted octanol–water partition coefficient (Wildman–Crippen LogP) is 14.5. The molecule has 3 heterocycles. The zero-order chi connectivity index (χ0) is 37.8. The van der Waals surface area contributed by atoms with Crippen molar-refractivity contribution >= 4 is 45.0 Å². The summed E-state index contributed by atoms with van der Waals surface area (Å²) < 4.78 is 14.7. The molecule has 2 aliphatic carbocycles. The Morgan fingerprint density at radius 1 is 0.455 bits per heavy atom. The molecule has 0 saturated carbocycles. The van der Waals surface area contributed by atoms with Crippen molar-refractivity contribution in [1.29, 1.82) is 0 Å². The van der Waals surface area contributed by atoms with Crippen molar-refractivity contribution in [3.63, 3.8) is 0 Å². The van der Waals surface area contributed by atoms with E-state index in [9.17, 15) is 0 Å². The van der Waals surface area contributed by atoms with E-state index in [-0.39, 0.29) is 21.7 Å². The molecule has 276 valence electrons. The van der Waals surface area contributed by atoms with Gasteiger partial charge < -0.3 is 19.3 Å². The Hall–Kier alpha value is -5.13. The van der Waals surface area contributed by atoms with E-state index in [0.29, 0.717) is 0 Å². The molecule has 0 aromatic heterocycles. The first-order chi connectivity index (χ1) is 26.3. The second kappa shape index (κ2) is 10.8. The molecule has 0 unspecified atom stereocenters. The van der Waals surface area contributed by atoms with Gasteiger partial charge in [-0.25, -0.2) is 0 Å². The standard InChI is InChI=1S/C50H48N2O2S/c1-47(2)28-49(5,6)42-32(47)22-24-40-44(42)53-38-26-31(27-39-46(38)55(40)41-25-23-33-43(45(41)54-39)50(7,8)29-48(33,3)4)52-36-20-14-12-18-34(36)51(30-16-10-9-11-17-30)35-19-13-15-21-37(35)52/h9-27,55H,28-29H2,1-8H3. The lowest BCUT2D eigenvalue weighted by molar-refractivity contribution is 0.379. The van der Waals surface area contributed by atoms with Gasteiger partial charge in [0.05, 0.1) is 33.3 Å². The summed E-state index contributed by atoms with van der Waals surface area (Å²) in [6, 6.07) is 42.4. The highest BCUT2D eigenvalue weighted by atomic mass is 32.2. The van der Waals surface area contributed by atoms with E-state index < -0.39 is 10.9 Å². The van der Waals surface area contributed by atoms with Crippen molar-refractivity contribution < 1.29 is 9.47 Å². The summed E-state index contributed by atoms with van der Waals surface area (Å²) in [5.74, 6) is 3.95. The summed E-state index contributed by atoms with van der Waals surface area (Å²) in [4.78, 5) is 8.60. The quantitative estimate of drug-likeness (QED) is 0.178. The highest BCUT2D eigenvalue weighted by Gasteiger charge is 2.50. The Balaban J connectivity index is 1.18. The van der Waals surface area contributed by atoms with Gasteiger partial charge in [0.1, 0.15) is 23.0 Å². The maximum Gasteiger partial charge on any atom is 0.145 e. The van der Waals surface area contributed by atoms with Crippen LogP contribution in [0.25, 0.3) is 0 Å². The number of thiol groups is 1. The monoisotopic (exact) mass is 740 g/mol. The Morgan fingerprint density at radius 3 is 1.29 bits per heavy atom. The van der Waals surface area contributed by atoms with E-state index in [1.54, 1.807) is 0 Å². The second-order valence-electron chi connectivity index (χ2n) is 18.9. The molecule has 0 bridgehead atoms. The van der Waals surface area contributed by atoms with E-state index in [1.165, 1.54) is 36.9 Å². The van der Waals surface area contributed by atoms with Gasteiger partial charge >= 0.3 is 0 Å². The van der Waals surface area contributed by atoms with Crippen LogP contribution in [0, 0.1) is 0 Å². The van der Waals surface area contributed by atoms with Gasteiger partial charge in [-0.15, -0.1) is 0 Å². The number of benzene rings is 6. The molecular formula is C50H48N2O2S. The maximum atomic E-state index is 7.37. The number of hydrogen-bond donors (Lipinski definition) is 1. The molecular weight excluding hydrogens is 693 g/mol. The molecule has 0 fully saturated rings. The summed E-state index contributed by atoms with van der Waals surface area (Å²) in [7, 11) is -0.958. The van der Waals surface area contributed by atoms with Crippen LogP contribution in [0.4, 0.5) is 34.1 Å². The Labute approximate surface area is 328 Å². The van der Waals surface area contributed by atoms with E-state index in [0.717, 1.165) is 70.0 Å². The van der Waals surface area contributed by atoms with Crippen molar-refractivity contribution in [2.45, 2.75) is 105 Å². The molecule has 5 heteroatoms. The van der Waals surface area contributed by atoms with Gasteiger partial charge in [-0.3, -0.25) is 0 Å². The fourth-order valence-corrected chi connectivity index (χ4v) is 14.1. The van der Waals surface area contributed by atoms with Crippen LogP contribution in [0.3, 0.4) is 0 Å².